The first kappa shape index (κ1) is 24.8. The van der Waals surface area contributed by atoms with Crippen LogP contribution in [0.1, 0.15) is 52.1 Å². The Morgan fingerprint density at radius 2 is 1.47 bits per heavy atom. The lowest BCUT2D eigenvalue weighted by Gasteiger charge is -2.38. The monoisotopic (exact) mass is 488 g/mol. The highest BCUT2D eigenvalue weighted by Gasteiger charge is 2.47. The number of hydrogen-bond donors (Lipinski definition) is 1. The Morgan fingerprint density at radius 1 is 0.806 bits per heavy atom. The summed E-state index contributed by atoms with van der Waals surface area (Å²) in [7, 11) is 3.39. The molecule has 0 radical (unpaired) electrons. The first-order chi connectivity index (χ1) is 17.7. The average molecular weight is 489 g/mol. The van der Waals surface area contributed by atoms with Crippen molar-refractivity contribution in [2.75, 3.05) is 47.3 Å². The summed E-state index contributed by atoms with van der Waals surface area (Å²) in [6.07, 6.45) is 3.26. The molecule has 5 rings (SSSR count). The van der Waals surface area contributed by atoms with Crippen LogP contribution in [0.25, 0.3) is 0 Å². The maximum atomic E-state index is 10.0. The second-order valence-electron chi connectivity index (χ2n) is 9.73. The zero-order valence-corrected chi connectivity index (χ0v) is 21.3. The van der Waals surface area contributed by atoms with Crippen LogP contribution in [0.5, 0.6) is 11.5 Å². The molecule has 2 atom stereocenters. The standard InChI is InChI=1S/C31H36O5/c1-33-16-18-35-27-12-13-28(36-19-17-34-2)30-29(27)25-20-22-8-4-6-11-26(22)31(30,14-7-15-32)21-23-9-3-5-10-24(23)25/h3-6,8-13,25,32H,7,14-21H2,1-2H3. The van der Waals surface area contributed by atoms with Gasteiger partial charge in [-0.05, 0) is 60.1 Å². The van der Waals surface area contributed by atoms with Gasteiger partial charge in [-0.15, -0.1) is 0 Å². The molecule has 3 aromatic rings. The Labute approximate surface area is 214 Å². The molecule has 5 heteroatoms. The third-order valence-electron chi connectivity index (χ3n) is 7.73. The third-order valence-corrected chi connectivity index (χ3v) is 7.73. The van der Waals surface area contributed by atoms with E-state index < -0.39 is 0 Å². The van der Waals surface area contributed by atoms with Gasteiger partial charge >= 0.3 is 0 Å². The highest BCUT2D eigenvalue weighted by Crippen LogP contribution is 2.57. The smallest absolute Gasteiger partial charge is 0.124 e. The number of methoxy groups -OCH3 is 2. The molecule has 190 valence electrons. The van der Waals surface area contributed by atoms with Gasteiger partial charge in [0.05, 0.1) is 13.2 Å². The summed E-state index contributed by atoms with van der Waals surface area (Å²) in [6, 6.07) is 21.8. The Bertz CT molecular complexity index is 1190. The van der Waals surface area contributed by atoms with Gasteiger partial charge in [0.15, 0.2) is 0 Å². The Kier molecular flexibility index (Phi) is 7.61. The Hall–Kier alpha value is -2.86. The number of rotatable bonds is 11. The van der Waals surface area contributed by atoms with E-state index >= 15 is 0 Å². The van der Waals surface area contributed by atoms with Crippen LogP contribution < -0.4 is 9.47 Å². The quantitative estimate of drug-likeness (QED) is 0.383. The average Bonchev–Trinajstić information content (AvgIpc) is 3.10. The number of fused-ring (bicyclic) bond motifs is 4. The Balaban J connectivity index is 1.82. The van der Waals surface area contributed by atoms with Crippen LogP contribution >= 0.6 is 0 Å². The van der Waals surface area contributed by atoms with Crippen molar-refractivity contribution in [1.82, 2.24) is 0 Å². The van der Waals surface area contributed by atoms with Crippen LogP contribution in [-0.2, 0) is 27.7 Å². The maximum absolute atomic E-state index is 10.0. The molecule has 2 unspecified atom stereocenters. The molecule has 0 saturated heterocycles. The van der Waals surface area contributed by atoms with Crippen molar-refractivity contribution in [2.24, 2.45) is 0 Å². The molecule has 0 heterocycles. The molecular formula is C31H36O5. The topological polar surface area (TPSA) is 57.2 Å². The van der Waals surface area contributed by atoms with Crippen molar-refractivity contribution in [1.29, 1.82) is 0 Å². The summed E-state index contributed by atoms with van der Waals surface area (Å²) in [5, 5.41) is 10.0. The summed E-state index contributed by atoms with van der Waals surface area (Å²) in [4.78, 5) is 0. The van der Waals surface area contributed by atoms with E-state index in [0.717, 1.165) is 30.8 Å². The molecule has 2 aliphatic rings. The van der Waals surface area contributed by atoms with Gasteiger partial charge in [-0.1, -0.05) is 48.5 Å². The summed E-state index contributed by atoms with van der Waals surface area (Å²) in [6.45, 7) is 2.15. The van der Waals surface area contributed by atoms with E-state index in [4.69, 9.17) is 18.9 Å². The highest BCUT2D eigenvalue weighted by molar-refractivity contribution is 5.66. The molecule has 3 aromatic carbocycles. The minimum absolute atomic E-state index is 0.138. The number of hydrogen-bond acceptors (Lipinski definition) is 5. The predicted octanol–water partition coefficient (Wildman–Crippen LogP) is 5.04. The fraction of sp³-hybridized carbons (Fsp3) is 0.419. The van der Waals surface area contributed by atoms with Crippen LogP contribution in [0, 0.1) is 0 Å². The molecule has 0 spiro atoms. The van der Waals surface area contributed by atoms with Gasteiger partial charge in [0.25, 0.3) is 0 Å². The minimum Gasteiger partial charge on any atom is -0.491 e. The normalized spacial score (nSPS) is 19.6. The number of benzene rings is 3. The highest BCUT2D eigenvalue weighted by atomic mass is 16.5. The first-order valence-electron chi connectivity index (χ1n) is 12.9. The van der Waals surface area contributed by atoms with Crippen LogP contribution in [0.4, 0.5) is 0 Å². The van der Waals surface area contributed by atoms with Crippen LogP contribution in [0.2, 0.25) is 0 Å². The molecule has 0 amide bonds. The van der Waals surface area contributed by atoms with Gasteiger partial charge in [0.2, 0.25) is 0 Å². The second kappa shape index (κ2) is 11.0. The van der Waals surface area contributed by atoms with E-state index in [1.165, 1.54) is 33.4 Å². The van der Waals surface area contributed by atoms with Crippen LogP contribution in [-0.4, -0.2) is 52.4 Å². The lowest BCUT2D eigenvalue weighted by atomic mass is 9.66. The molecule has 5 nitrogen and oxygen atoms in total. The van der Waals surface area contributed by atoms with Crippen molar-refractivity contribution in [3.8, 4) is 11.5 Å². The molecule has 1 N–H and O–H groups in total. The molecule has 36 heavy (non-hydrogen) atoms. The second-order valence-corrected chi connectivity index (χ2v) is 9.73. The van der Waals surface area contributed by atoms with Crippen molar-refractivity contribution < 1.29 is 24.1 Å². The van der Waals surface area contributed by atoms with Crippen molar-refractivity contribution in [2.45, 2.75) is 37.0 Å². The van der Waals surface area contributed by atoms with Crippen molar-refractivity contribution in [3.63, 3.8) is 0 Å². The number of aliphatic hydroxyl groups is 1. The van der Waals surface area contributed by atoms with Gasteiger partial charge in [-0.25, -0.2) is 0 Å². The molecule has 0 aromatic heterocycles. The van der Waals surface area contributed by atoms with E-state index in [-0.39, 0.29) is 17.9 Å². The van der Waals surface area contributed by atoms with Gasteiger partial charge < -0.3 is 24.1 Å². The molecule has 2 aliphatic carbocycles. The zero-order chi connectivity index (χ0) is 25.0. The fourth-order valence-corrected chi connectivity index (χ4v) is 6.30. The van der Waals surface area contributed by atoms with Crippen LogP contribution in [0.3, 0.4) is 0 Å². The van der Waals surface area contributed by atoms with E-state index in [0.29, 0.717) is 32.8 Å². The van der Waals surface area contributed by atoms with Crippen LogP contribution in [0.15, 0.2) is 60.7 Å². The van der Waals surface area contributed by atoms with Gasteiger partial charge in [0.1, 0.15) is 24.7 Å². The van der Waals surface area contributed by atoms with Gasteiger partial charge in [-0.2, -0.15) is 0 Å². The fourth-order valence-electron chi connectivity index (χ4n) is 6.30. The molecule has 0 aliphatic heterocycles. The lowest BCUT2D eigenvalue weighted by Crippen LogP contribution is -2.33. The SMILES string of the molecule is COCCOc1ccc(OCCOC)c2c1C1Cc3ccccc3C2(CCCO)Cc2ccccc21. The third kappa shape index (κ3) is 4.40. The minimum atomic E-state index is -0.348. The van der Waals surface area contributed by atoms with E-state index in [2.05, 4.69) is 60.7 Å². The van der Waals surface area contributed by atoms with Crippen molar-refractivity contribution >= 4 is 0 Å². The zero-order valence-electron chi connectivity index (χ0n) is 21.3. The predicted molar refractivity (Wildman–Crippen MR) is 140 cm³/mol. The molecular weight excluding hydrogens is 452 g/mol. The molecule has 2 bridgehead atoms. The first-order valence-corrected chi connectivity index (χ1v) is 12.9. The summed E-state index contributed by atoms with van der Waals surface area (Å²) in [5.74, 6) is 1.91. The lowest BCUT2D eigenvalue weighted by molar-refractivity contribution is 0.142. The summed E-state index contributed by atoms with van der Waals surface area (Å²) >= 11 is 0. The van der Waals surface area contributed by atoms with Gasteiger partial charge in [-0.3, -0.25) is 0 Å². The van der Waals surface area contributed by atoms with E-state index in [1.54, 1.807) is 14.2 Å². The van der Waals surface area contributed by atoms with E-state index in [9.17, 15) is 5.11 Å². The largest absolute Gasteiger partial charge is 0.491 e. The summed E-state index contributed by atoms with van der Waals surface area (Å²) in [5.41, 5.74) is 7.47. The number of aliphatic hydroxyl groups excluding tert-OH is 1. The number of ether oxygens (including phenoxy) is 4. The molecule has 0 saturated carbocycles. The van der Waals surface area contributed by atoms with Gasteiger partial charge in [0, 0.05) is 43.3 Å². The Morgan fingerprint density at radius 3 is 2.22 bits per heavy atom. The van der Waals surface area contributed by atoms with Crippen molar-refractivity contribution in [3.05, 3.63) is 94.0 Å². The summed E-state index contributed by atoms with van der Waals surface area (Å²) < 4.78 is 23.4. The van der Waals surface area contributed by atoms with E-state index in [1.807, 2.05) is 0 Å². The maximum Gasteiger partial charge on any atom is 0.124 e. The molecule has 0 fully saturated rings.